The summed E-state index contributed by atoms with van der Waals surface area (Å²) in [5.41, 5.74) is 0.999. The van der Waals surface area contributed by atoms with E-state index in [2.05, 4.69) is 13.8 Å². The number of amides is 1. The number of benzene rings is 2. The van der Waals surface area contributed by atoms with Crippen LogP contribution in [0.15, 0.2) is 42.5 Å². The van der Waals surface area contributed by atoms with Gasteiger partial charge in [0.1, 0.15) is 23.8 Å². The van der Waals surface area contributed by atoms with Gasteiger partial charge in [0, 0.05) is 13.0 Å². The Bertz CT molecular complexity index is 807. The number of carbonyl (C=O) groups excluding carboxylic acids is 1. The number of hydrogen-bond acceptors (Lipinski definition) is 3. The molecule has 0 bridgehead atoms. The molecule has 1 saturated heterocycles. The highest BCUT2D eigenvalue weighted by Gasteiger charge is 2.33. The average molecular weight is 392 g/mol. The first-order valence-corrected chi connectivity index (χ1v) is 9.42. The van der Waals surface area contributed by atoms with Gasteiger partial charge in [-0.1, -0.05) is 43.6 Å². The largest absolute Gasteiger partial charge is 0.488 e. The average Bonchev–Trinajstić information content (AvgIpc) is 2.63. The van der Waals surface area contributed by atoms with Crippen LogP contribution in [0.1, 0.15) is 42.1 Å². The lowest BCUT2D eigenvalue weighted by atomic mass is 10.0. The summed E-state index contributed by atoms with van der Waals surface area (Å²) in [5, 5.41) is 10.5. The van der Waals surface area contributed by atoms with Gasteiger partial charge >= 0.3 is 0 Å². The van der Waals surface area contributed by atoms with E-state index in [1.54, 1.807) is 0 Å². The fraction of sp³-hybridized carbons (Fsp3) is 0.381. The maximum atomic E-state index is 14.0. The molecular weight excluding hydrogens is 369 g/mol. The first kappa shape index (κ1) is 19.6. The normalized spacial score (nSPS) is 20.0. The molecular formula is C21H23ClFNO3. The summed E-state index contributed by atoms with van der Waals surface area (Å²) in [5.74, 6) is -0.103. The van der Waals surface area contributed by atoms with E-state index in [4.69, 9.17) is 16.3 Å². The lowest BCUT2D eigenvalue weighted by Gasteiger charge is -2.36. The summed E-state index contributed by atoms with van der Waals surface area (Å²) in [6.07, 6.45) is -0.839. The molecule has 0 unspecified atom stereocenters. The van der Waals surface area contributed by atoms with Gasteiger partial charge in [-0.05, 0) is 35.7 Å². The van der Waals surface area contributed by atoms with Crippen LogP contribution >= 0.6 is 11.6 Å². The molecule has 1 aliphatic rings. The van der Waals surface area contributed by atoms with Crippen LogP contribution in [0.3, 0.4) is 0 Å². The summed E-state index contributed by atoms with van der Waals surface area (Å²) in [6, 6.07) is 11.9. The molecule has 0 saturated carbocycles. The van der Waals surface area contributed by atoms with Crippen LogP contribution in [0.5, 0.6) is 5.75 Å². The highest BCUT2D eigenvalue weighted by molar-refractivity contribution is 6.33. The standard InChI is InChI=1S/C21H23ClFNO3/c1-13(2)14-5-3-6-15(11-14)27-19-9-10-24(12-18(19)25)21(26)20-16(22)7-4-8-17(20)23/h3-8,11,13,18-19,25H,9-10,12H2,1-2H3/t18-,19-/m1/s1. The zero-order valence-electron chi connectivity index (χ0n) is 15.4. The van der Waals surface area contributed by atoms with E-state index in [9.17, 15) is 14.3 Å². The third-order valence-corrected chi connectivity index (χ3v) is 5.11. The molecule has 0 spiro atoms. The van der Waals surface area contributed by atoms with Crippen molar-refractivity contribution in [2.75, 3.05) is 13.1 Å². The van der Waals surface area contributed by atoms with Crippen molar-refractivity contribution in [2.24, 2.45) is 0 Å². The summed E-state index contributed by atoms with van der Waals surface area (Å²) in [7, 11) is 0. The third-order valence-electron chi connectivity index (χ3n) is 4.80. The van der Waals surface area contributed by atoms with Crippen LogP contribution in [-0.2, 0) is 0 Å². The lowest BCUT2D eigenvalue weighted by Crippen LogP contribution is -2.51. The van der Waals surface area contributed by atoms with Gasteiger partial charge in [0.2, 0.25) is 0 Å². The van der Waals surface area contributed by atoms with Crippen molar-refractivity contribution < 1.29 is 19.0 Å². The molecule has 2 aromatic rings. The van der Waals surface area contributed by atoms with Gasteiger partial charge in [0.05, 0.1) is 17.1 Å². The van der Waals surface area contributed by atoms with E-state index in [1.165, 1.54) is 23.1 Å². The Morgan fingerprint density at radius 1 is 1.30 bits per heavy atom. The molecule has 1 heterocycles. The van der Waals surface area contributed by atoms with Crippen LogP contribution in [-0.4, -0.2) is 41.2 Å². The Hall–Kier alpha value is -2.11. The number of piperidine rings is 1. The van der Waals surface area contributed by atoms with E-state index in [0.717, 1.165) is 5.56 Å². The van der Waals surface area contributed by atoms with Crippen LogP contribution < -0.4 is 4.74 Å². The molecule has 2 aromatic carbocycles. The van der Waals surface area contributed by atoms with E-state index < -0.39 is 23.9 Å². The Labute approximate surface area is 163 Å². The second-order valence-corrected chi connectivity index (χ2v) is 7.49. The van der Waals surface area contributed by atoms with Gasteiger partial charge in [-0.25, -0.2) is 4.39 Å². The molecule has 3 rings (SSSR count). The number of β-amino-alcohol motifs (C(OH)–C–C–N with tert-alkyl or cyclic N) is 1. The van der Waals surface area contributed by atoms with Gasteiger partial charge in [0.25, 0.3) is 5.91 Å². The fourth-order valence-corrected chi connectivity index (χ4v) is 3.46. The van der Waals surface area contributed by atoms with Crippen molar-refractivity contribution in [3.05, 3.63) is 64.4 Å². The Morgan fingerprint density at radius 2 is 2.04 bits per heavy atom. The summed E-state index contributed by atoms with van der Waals surface area (Å²) >= 11 is 5.98. The first-order chi connectivity index (χ1) is 12.9. The van der Waals surface area contributed by atoms with E-state index in [0.29, 0.717) is 24.6 Å². The SMILES string of the molecule is CC(C)c1cccc(O[C@@H]2CCN(C(=O)c3c(F)cccc3Cl)C[C@H]2O)c1. The van der Waals surface area contributed by atoms with Crippen molar-refractivity contribution in [2.45, 2.75) is 38.4 Å². The van der Waals surface area contributed by atoms with E-state index >= 15 is 0 Å². The number of likely N-dealkylation sites (tertiary alicyclic amines) is 1. The quantitative estimate of drug-likeness (QED) is 0.847. The number of carbonyl (C=O) groups is 1. The lowest BCUT2D eigenvalue weighted by molar-refractivity contribution is -0.0200. The molecule has 4 nitrogen and oxygen atoms in total. The second-order valence-electron chi connectivity index (χ2n) is 7.09. The molecule has 1 aliphatic heterocycles. The fourth-order valence-electron chi connectivity index (χ4n) is 3.21. The van der Waals surface area contributed by atoms with Crippen LogP contribution in [0.25, 0.3) is 0 Å². The number of ether oxygens (including phenoxy) is 1. The molecule has 144 valence electrons. The van der Waals surface area contributed by atoms with Crippen LogP contribution in [0.4, 0.5) is 4.39 Å². The summed E-state index contributed by atoms with van der Waals surface area (Å²) < 4.78 is 20.0. The Balaban J connectivity index is 1.67. The predicted molar refractivity (Wildman–Crippen MR) is 103 cm³/mol. The topological polar surface area (TPSA) is 49.8 Å². The highest BCUT2D eigenvalue weighted by Crippen LogP contribution is 2.26. The third kappa shape index (κ3) is 4.42. The van der Waals surface area contributed by atoms with Crippen molar-refractivity contribution in [3.63, 3.8) is 0 Å². The highest BCUT2D eigenvalue weighted by atomic mass is 35.5. The predicted octanol–water partition coefficient (Wildman–Crippen LogP) is 4.26. The molecule has 1 fully saturated rings. The zero-order valence-corrected chi connectivity index (χ0v) is 16.1. The maximum absolute atomic E-state index is 14.0. The van der Waals surface area contributed by atoms with Gasteiger partial charge in [-0.15, -0.1) is 0 Å². The molecule has 0 radical (unpaired) electrons. The maximum Gasteiger partial charge on any atom is 0.258 e. The van der Waals surface area contributed by atoms with Crippen LogP contribution in [0.2, 0.25) is 5.02 Å². The Morgan fingerprint density at radius 3 is 2.70 bits per heavy atom. The molecule has 6 heteroatoms. The first-order valence-electron chi connectivity index (χ1n) is 9.04. The smallest absolute Gasteiger partial charge is 0.258 e. The number of nitrogens with zero attached hydrogens (tertiary/aromatic N) is 1. The molecule has 0 aromatic heterocycles. The second kappa shape index (κ2) is 8.28. The number of rotatable bonds is 4. The number of hydrogen-bond donors (Lipinski definition) is 1. The Kier molecular flexibility index (Phi) is 6.02. The molecule has 1 N–H and O–H groups in total. The molecule has 2 atom stereocenters. The molecule has 1 amide bonds. The van der Waals surface area contributed by atoms with Crippen molar-refractivity contribution in [3.8, 4) is 5.75 Å². The minimum absolute atomic E-state index is 0.0675. The van der Waals surface area contributed by atoms with Crippen molar-refractivity contribution >= 4 is 17.5 Å². The molecule has 0 aliphatic carbocycles. The monoisotopic (exact) mass is 391 g/mol. The minimum Gasteiger partial charge on any atom is -0.488 e. The summed E-state index contributed by atoms with van der Waals surface area (Å²) in [6.45, 7) is 4.63. The van der Waals surface area contributed by atoms with Gasteiger partial charge in [-0.2, -0.15) is 0 Å². The van der Waals surface area contributed by atoms with Crippen LogP contribution in [0, 0.1) is 5.82 Å². The van der Waals surface area contributed by atoms with Gasteiger partial charge < -0.3 is 14.7 Å². The minimum atomic E-state index is -0.865. The number of aliphatic hydroxyl groups is 1. The van der Waals surface area contributed by atoms with Gasteiger partial charge in [-0.3, -0.25) is 4.79 Å². The van der Waals surface area contributed by atoms with Gasteiger partial charge in [0.15, 0.2) is 0 Å². The molecule has 27 heavy (non-hydrogen) atoms. The number of aliphatic hydroxyl groups excluding tert-OH is 1. The van der Waals surface area contributed by atoms with E-state index in [1.807, 2.05) is 24.3 Å². The van der Waals surface area contributed by atoms with E-state index in [-0.39, 0.29) is 17.1 Å². The zero-order chi connectivity index (χ0) is 19.6. The number of halogens is 2. The summed E-state index contributed by atoms with van der Waals surface area (Å²) in [4.78, 5) is 14.0. The van der Waals surface area contributed by atoms with Crippen molar-refractivity contribution in [1.29, 1.82) is 0 Å². The van der Waals surface area contributed by atoms with Crippen molar-refractivity contribution in [1.82, 2.24) is 4.90 Å².